The van der Waals surface area contributed by atoms with E-state index in [0.717, 1.165) is 37.6 Å². The molecule has 0 bridgehead atoms. The summed E-state index contributed by atoms with van der Waals surface area (Å²) in [5.41, 5.74) is 3.53. The lowest BCUT2D eigenvalue weighted by atomic mass is 9.95. The monoisotopic (exact) mass is 341 g/mol. The van der Waals surface area contributed by atoms with Gasteiger partial charge in [0.1, 0.15) is 5.82 Å². The predicted molar refractivity (Wildman–Crippen MR) is 103 cm³/mol. The maximum absolute atomic E-state index is 4.68. The fourth-order valence-corrected chi connectivity index (χ4v) is 3.82. The van der Waals surface area contributed by atoms with E-state index in [2.05, 4.69) is 70.6 Å². The average molecular weight is 342 g/mol. The molecule has 0 aliphatic carbocycles. The highest BCUT2D eigenvalue weighted by Gasteiger charge is 2.24. The largest absolute Gasteiger partial charge is 0.371 e. The molecule has 0 aromatic carbocycles. The molecular formula is C20H31N5. The molecule has 5 heteroatoms. The molecule has 3 rings (SSSR count). The summed E-state index contributed by atoms with van der Waals surface area (Å²) in [7, 11) is 4.26. The molecule has 0 amide bonds. The van der Waals surface area contributed by atoms with Crippen LogP contribution < -0.4 is 4.90 Å². The van der Waals surface area contributed by atoms with Gasteiger partial charge in [-0.1, -0.05) is 0 Å². The molecule has 2 aromatic rings. The van der Waals surface area contributed by atoms with Gasteiger partial charge in [-0.05, 0) is 65.9 Å². The van der Waals surface area contributed by atoms with Crippen molar-refractivity contribution >= 4 is 5.69 Å². The van der Waals surface area contributed by atoms with Crippen LogP contribution >= 0.6 is 0 Å². The minimum Gasteiger partial charge on any atom is -0.371 e. The third kappa shape index (κ3) is 4.60. The summed E-state index contributed by atoms with van der Waals surface area (Å²) in [6.07, 6.45) is 7.63. The summed E-state index contributed by atoms with van der Waals surface area (Å²) in [5, 5.41) is 0. The van der Waals surface area contributed by atoms with Crippen LogP contribution in [-0.2, 0) is 6.54 Å². The van der Waals surface area contributed by atoms with Crippen LogP contribution in [0.25, 0.3) is 0 Å². The maximum Gasteiger partial charge on any atom is 0.111 e. The van der Waals surface area contributed by atoms with Gasteiger partial charge in [0.2, 0.25) is 0 Å². The second-order valence-electron chi connectivity index (χ2n) is 7.51. The smallest absolute Gasteiger partial charge is 0.111 e. The zero-order valence-electron chi connectivity index (χ0n) is 16.1. The summed E-state index contributed by atoms with van der Waals surface area (Å²) in [6.45, 7) is 8.53. The van der Waals surface area contributed by atoms with Gasteiger partial charge in [0, 0.05) is 55.0 Å². The molecule has 136 valence electrons. The molecule has 0 radical (unpaired) electrons. The molecule has 0 saturated carbocycles. The zero-order valence-corrected chi connectivity index (χ0v) is 16.1. The standard InChI is InChI=1S/C20H31N5/c1-16-14-19(15-17(2)22-16)24-11-6-18(7-12-24)20-21-8-13-25(20)10-5-9-23(3)4/h8,13-15,18H,5-7,9-12H2,1-4H3. The summed E-state index contributed by atoms with van der Waals surface area (Å²) in [4.78, 5) is 13.9. The van der Waals surface area contributed by atoms with Gasteiger partial charge >= 0.3 is 0 Å². The van der Waals surface area contributed by atoms with Gasteiger partial charge in [-0.15, -0.1) is 0 Å². The molecule has 1 aliphatic rings. The van der Waals surface area contributed by atoms with E-state index in [1.807, 2.05) is 6.20 Å². The minimum atomic E-state index is 0.578. The molecule has 0 atom stereocenters. The fraction of sp³-hybridized carbons (Fsp3) is 0.600. The first kappa shape index (κ1) is 17.9. The van der Waals surface area contributed by atoms with E-state index < -0.39 is 0 Å². The normalized spacial score (nSPS) is 16.0. The Balaban J connectivity index is 1.60. The van der Waals surface area contributed by atoms with Crippen LogP contribution in [0.3, 0.4) is 0 Å². The molecular weight excluding hydrogens is 310 g/mol. The number of hydrogen-bond acceptors (Lipinski definition) is 4. The molecule has 0 unspecified atom stereocenters. The third-order valence-electron chi connectivity index (χ3n) is 5.04. The fourth-order valence-electron chi connectivity index (χ4n) is 3.82. The van der Waals surface area contributed by atoms with Gasteiger partial charge in [-0.3, -0.25) is 4.98 Å². The van der Waals surface area contributed by atoms with Crippen molar-refractivity contribution < 1.29 is 0 Å². The van der Waals surface area contributed by atoms with Crippen LogP contribution in [0.1, 0.15) is 42.4 Å². The second kappa shape index (κ2) is 8.00. The van der Waals surface area contributed by atoms with Gasteiger partial charge < -0.3 is 14.4 Å². The summed E-state index contributed by atoms with van der Waals surface area (Å²) in [5.74, 6) is 1.86. The van der Waals surface area contributed by atoms with E-state index in [9.17, 15) is 0 Å². The van der Waals surface area contributed by atoms with Crippen molar-refractivity contribution in [3.05, 3.63) is 41.7 Å². The number of rotatable bonds is 6. The van der Waals surface area contributed by atoms with Crippen molar-refractivity contribution in [2.45, 2.75) is 45.6 Å². The molecule has 5 nitrogen and oxygen atoms in total. The summed E-state index contributed by atoms with van der Waals surface area (Å²) in [6, 6.07) is 4.41. The topological polar surface area (TPSA) is 37.2 Å². The molecule has 2 aromatic heterocycles. The van der Waals surface area contributed by atoms with Gasteiger partial charge in [0.05, 0.1) is 0 Å². The Morgan fingerprint density at radius 2 is 1.80 bits per heavy atom. The van der Waals surface area contributed by atoms with Crippen molar-refractivity contribution in [2.24, 2.45) is 0 Å². The van der Waals surface area contributed by atoms with Gasteiger partial charge in [-0.25, -0.2) is 4.98 Å². The van der Waals surface area contributed by atoms with Crippen LogP contribution in [0.5, 0.6) is 0 Å². The van der Waals surface area contributed by atoms with Crippen molar-refractivity contribution in [2.75, 3.05) is 38.6 Å². The van der Waals surface area contributed by atoms with E-state index in [-0.39, 0.29) is 0 Å². The third-order valence-corrected chi connectivity index (χ3v) is 5.04. The molecule has 25 heavy (non-hydrogen) atoms. The van der Waals surface area contributed by atoms with E-state index >= 15 is 0 Å². The van der Waals surface area contributed by atoms with Crippen LogP contribution in [0.15, 0.2) is 24.5 Å². The Hall–Kier alpha value is -1.88. The van der Waals surface area contributed by atoms with Gasteiger partial charge in [-0.2, -0.15) is 0 Å². The Bertz CT molecular complexity index is 663. The zero-order chi connectivity index (χ0) is 17.8. The number of imidazole rings is 1. The number of hydrogen-bond donors (Lipinski definition) is 0. The second-order valence-corrected chi connectivity index (χ2v) is 7.51. The lowest BCUT2D eigenvalue weighted by molar-refractivity contribution is 0.380. The Kier molecular flexibility index (Phi) is 5.74. The van der Waals surface area contributed by atoms with Gasteiger partial charge in [0.25, 0.3) is 0 Å². The SMILES string of the molecule is Cc1cc(N2CCC(c3nccn3CCCN(C)C)CC2)cc(C)n1. The highest BCUT2D eigenvalue weighted by Crippen LogP contribution is 2.30. The number of piperidine rings is 1. The van der Waals surface area contributed by atoms with Crippen molar-refractivity contribution in [1.82, 2.24) is 19.4 Å². The molecule has 1 saturated heterocycles. The van der Waals surface area contributed by atoms with Crippen LogP contribution in [0.2, 0.25) is 0 Å². The highest BCUT2D eigenvalue weighted by atomic mass is 15.1. The maximum atomic E-state index is 4.68. The number of nitrogens with zero attached hydrogens (tertiary/aromatic N) is 5. The van der Waals surface area contributed by atoms with E-state index in [0.29, 0.717) is 5.92 Å². The van der Waals surface area contributed by atoms with Crippen LogP contribution in [-0.4, -0.2) is 53.2 Å². The van der Waals surface area contributed by atoms with E-state index in [1.54, 1.807) is 0 Å². The van der Waals surface area contributed by atoms with Crippen LogP contribution in [0, 0.1) is 13.8 Å². The predicted octanol–water partition coefficient (Wildman–Crippen LogP) is 3.23. The number of aryl methyl sites for hydroxylation is 3. The first-order valence-electron chi connectivity index (χ1n) is 9.39. The van der Waals surface area contributed by atoms with Crippen molar-refractivity contribution in [3.8, 4) is 0 Å². The Labute approximate surface area is 151 Å². The molecule has 1 fully saturated rings. The minimum absolute atomic E-state index is 0.578. The number of pyridine rings is 1. The van der Waals surface area contributed by atoms with Crippen molar-refractivity contribution in [1.29, 1.82) is 0 Å². The lowest BCUT2D eigenvalue weighted by Crippen LogP contribution is -2.34. The molecule has 0 N–H and O–H groups in total. The van der Waals surface area contributed by atoms with Crippen LogP contribution in [0.4, 0.5) is 5.69 Å². The number of aromatic nitrogens is 3. The quantitative estimate of drug-likeness (QED) is 0.808. The van der Waals surface area contributed by atoms with E-state index in [1.165, 1.54) is 30.8 Å². The Morgan fingerprint density at radius 1 is 1.12 bits per heavy atom. The van der Waals surface area contributed by atoms with E-state index in [4.69, 9.17) is 0 Å². The first-order valence-corrected chi connectivity index (χ1v) is 9.39. The average Bonchev–Trinajstić information content (AvgIpc) is 3.02. The highest BCUT2D eigenvalue weighted by molar-refractivity contribution is 5.48. The van der Waals surface area contributed by atoms with Gasteiger partial charge in [0.15, 0.2) is 0 Å². The molecule has 3 heterocycles. The molecule has 1 aliphatic heterocycles. The Morgan fingerprint density at radius 3 is 2.44 bits per heavy atom. The lowest BCUT2D eigenvalue weighted by Gasteiger charge is -2.33. The summed E-state index contributed by atoms with van der Waals surface area (Å²) < 4.78 is 2.37. The van der Waals surface area contributed by atoms with Crippen molar-refractivity contribution in [3.63, 3.8) is 0 Å². The molecule has 0 spiro atoms. The summed E-state index contributed by atoms with van der Waals surface area (Å²) >= 11 is 0. The number of anilines is 1. The first-order chi connectivity index (χ1) is 12.0.